The fourth-order valence-electron chi connectivity index (χ4n) is 5.20. The van der Waals surface area contributed by atoms with E-state index in [2.05, 4.69) is 19.1 Å². The number of aliphatic hydroxyl groups is 5. The van der Waals surface area contributed by atoms with Gasteiger partial charge in [0.25, 0.3) is 0 Å². The highest BCUT2D eigenvalue weighted by Crippen LogP contribution is 2.47. The molecule has 276 valence electrons. The van der Waals surface area contributed by atoms with Gasteiger partial charge in [0.2, 0.25) is 0 Å². The molecule has 0 aromatic rings. The molecule has 6 unspecified atom stereocenters. The number of esters is 2. The summed E-state index contributed by atoms with van der Waals surface area (Å²) in [4.78, 5) is 34.5. The van der Waals surface area contributed by atoms with E-state index in [0.29, 0.717) is 12.8 Å². The predicted octanol–water partition coefficient (Wildman–Crippen LogP) is 4.38. The zero-order valence-electron chi connectivity index (χ0n) is 28.3. The lowest BCUT2D eigenvalue weighted by atomic mass is 9.85. The minimum atomic E-state index is -5.08. The van der Waals surface area contributed by atoms with Gasteiger partial charge in [-0.3, -0.25) is 18.6 Å². The molecule has 0 aliphatic heterocycles. The fraction of sp³-hybridized carbons (Fsp3) is 0.879. The number of ether oxygens (including phenoxy) is 2. The summed E-state index contributed by atoms with van der Waals surface area (Å²) < 4.78 is 32.7. The van der Waals surface area contributed by atoms with Crippen LogP contribution < -0.4 is 0 Å². The Balaban J connectivity index is 2.36. The number of hydrogen-bond acceptors (Lipinski definition) is 12. The number of aliphatic hydroxyl groups excluding tert-OH is 5. The van der Waals surface area contributed by atoms with Crippen LogP contribution in [0, 0.1) is 0 Å². The standard InChI is InChI=1S/C33H61O13P/c1-3-5-6-7-8-9-10-11-12-13-14-15-16-17-18-19-20-22-27(35)45-25(23-43-26(34)21-4-2)24-44-47(41,42)46-33-31(39)29(37)28(36)30(38)32(33)40/h11-12,25,28-33,36-40H,3-10,13-24H2,1-2H3,(H,41,42)/b12-11-. The van der Waals surface area contributed by atoms with E-state index in [-0.39, 0.29) is 12.8 Å². The molecule has 0 aromatic carbocycles. The number of rotatable bonds is 27. The van der Waals surface area contributed by atoms with E-state index in [1.165, 1.54) is 57.8 Å². The summed E-state index contributed by atoms with van der Waals surface area (Å²) in [6.07, 6.45) is 9.29. The van der Waals surface area contributed by atoms with Crippen LogP contribution in [0.25, 0.3) is 0 Å². The first-order valence-electron chi connectivity index (χ1n) is 17.5. The molecule has 1 fully saturated rings. The van der Waals surface area contributed by atoms with Gasteiger partial charge in [0.1, 0.15) is 43.2 Å². The van der Waals surface area contributed by atoms with Crippen LogP contribution >= 0.6 is 7.82 Å². The van der Waals surface area contributed by atoms with Crippen LogP contribution in [0.2, 0.25) is 0 Å². The highest BCUT2D eigenvalue weighted by atomic mass is 31.2. The normalized spacial score (nSPS) is 25.0. The van der Waals surface area contributed by atoms with E-state index >= 15 is 0 Å². The third-order valence-electron chi connectivity index (χ3n) is 8.08. The van der Waals surface area contributed by atoms with E-state index in [1.54, 1.807) is 6.92 Å². The Labute approximate surface area is 280 Å². The minimum Gasteiger partial charge on any atom is -0.462 e. The highest BCUT2D eigenvalue weighted by molar-refractivity contribution is 7.47. The Morgan fingerprint density at radius 1 is 0.638 bits per heavy atom. The van der Waals surface area contributed by atoms with Gasteiger partial charge in [-0.15, -0.1) is 0 Å². The molecule has 0 radical (unpaired) electrons. The van der Waals surface area contributed by atoms with Crippen molar-refractivity contribution in [1.29, 1.82) is 0 Å². The van der Waals surface area contributed by atoms with Gasteiger partial charge in [-0.2, -0.15) is 0 Å². The molecule has 0 aromatic heterocycles. The highest BCUT2D eigenvalue weighted by Gasteiger charge is 2.51. The Hall–Kier alpha value is -1.41. The zero-order chi connectivity index (χ0) is 35.1. The monoisotopic (exact) mass is 696 g/mol. The fourth-order valence-corrected chi connectivity index (χ4v) is 6.17. The zero-order valence-corrected chi connectivity index (χ0v) is 29.2. The van der Waals surface area contributed by atoms with E-state index in [4.69, 9.17) is 18.5 Å². The summed E-state index contributed by atoms with van der Waals surface area (Å²) in [5.41, 5.74) is 0. The van der Waals surface area contributed by atoms with Crippen LogP contribution in [-0.2, 0) is 32.7 Å². The van der Waals surface area contributed by atoms with E-state index in [0.717, 1.165) is 32.1 Å². The molecule has 1 aliphatic rings. The molecule has 6 N–H and O–H groups in total. The molecule has 0 bridgehead atoms. The van der Waals surface area contributed by atoms with Crippen molar-refractivity contribution in [2.24, 2.45) is 0 Å². The predicted molar refractivity (Wildman–Crippen MR) is 175 cm³/mol. The number of carbonyl (C=O) groups excluding carboxylic acids is 2. The van der Waals surface area contributed by atoms with Crippen molar-refractivity contribution < 1.29 is 63.1 Å². The number of hydrogen-bond donors (Lipinski definition) is 6. The van der Waals surface area contributed by atoms with Gasteiger partial charge in [-0.05, 0) is 38.5 Å². The average Bonchev–Trinajstić information content (AvgIpc) is 3.04. The van der Waals surface area contributed by atoms with Crippen LogP contribution in [0.3, 0.4) is 0 Å². The van der Waals surface area contributed by atoms with Crippen molar-refractivity contribution in [3.8, 4) is 0 Å². The number of allylic oxidation sites excluding steroid dienone is 2. The van der Waals surface area contributed by atoms with Crippen molar-refractivity contribution in [2.45, 2.75) is 172 Å². The Morgan fingerprint density at radius 2 is 1.13 bits per heavy atom. The average molecular weight is 697 g/mol. The van der Waals surface area contributed by atoms with Crippen molar-refractivity contribution in [3.63, 3.8) is 0 Å². The maximum absolute atomic E-state index is 12.6. The van der Waals surface area contributed by atoms with Crippen molar-refractivity contribution in [1.82, 2.24) is 0 Å². The smallest absolute Gasteiger partial charge is 0.462 e. The van der Waals surface area contributed by atoms with Crippen molar-refractivity contribution in [3.05, 3.63) is 12.2 Å². The molecule has 0 heterocycles. The molecule has 0 spiro atoms. The maximum atomic E-state index is 12.6. The van der Waals surface area contributed by atoms with Gasteiger partial charge in [0, 0.05) is 12.8 Å². The van der Waals surface area contributed by atoms with E-state index < -0.39 is 75.7 Å². The number of phosphoric ester groups is 1. The Morgan fingerprint density at radius 3 is 1.66 bits per heavy atom. The van der Waals surface area contributed by atoms with Crippen LogP contribution in [-0.4, -0.2) is 98.3 Å². The third kappa shape index (κ3) is 19.4. The first kappa shape index (κ1) is 43.6. The third-order valence-corrected chi connectivity index (χ3v) is 9.06. The molecule has 47 heavy (non-hydrogen) atoms. The van der Waals surface area contributed by atoms with Crippen LogP contribution in [0.15, 0.2) is 12.2 Å². The molecule has 0 amide bonds. The molecule has 6 atom stereocenters. The first-order chi connectivity index (χ1) is 22.4. The van der Waals surface area contributed by atoms with Gasteiger partial charge in [0.15, 0.2) is 6.10 Å². The van der Waals surface area contributed by atoms with E-state index in [1.807, 2.05) is 0 Å². The lowest BCUT2D eigenvalue weighted by Crippen LogP contribution is -2.64. The maximum Gasteiger partial charge on any atom is 0.472 e. The topological polar surface area (TPSA) is 210 Å². The quantitative estimate of drug-likeness (QED) is 0.0305. The largest absolute Gasteiger partial charge is 0.472 e. The molecule has 1 rings (SSSR count). The Bertz CT molecular complexity index is 901. The lowest BCUT2D eigenvalue weighted by molar-refractivity contribution is -0.220. The summed E-state index contributed by atoms with van der Waals surface area (Å²) in [7, 11) is -5.08. The van der Waals surface area contributed by atoms with Gasteiger partial charge in [-0.25, -0.2) is 4.57 Å². The number of phosphoric acid groups is 1. The molecular weight excluding hydrogens is 635 g/mol. The SMILES string of the molecule is CCCCCCCC/C=C\CCCCCCCCCC(=O)OC(COC(=O)CCC)COP(=O)(O)OC1C(O)C(O)C(O)C(O)C1O. The second-order valence-electron chi connectivity index (χ2n) is 12.4. The summed E-state index contributed by atoms with van der Waals surface area (Å²) in [6, 6.07) is 0. The number of carbonyl (C=O) groups is 2. The summed E-state index contributed by atoms with van der Waals surface area (Å²) in [5, 5.41) is 49.5. The molecule has 13 nitrogen and oxygen atoms in total. The number of unbranched alkanes of at least 4 members (excludes halogenated alkanes) is 13. The van der Waals surface area contributed by atoms with Gasteiger partial charge >= 0.3 is 19.8 Å². The molecule has 1 saturated carbocycles. The molecule has 0 saturated heterocycles. The lowest BCUT2D eigenvalue weighted by Gasteiger charge is -2.41. The molecule has 14 heteroatoms. The molecular formula is C33H61O13P. The van der Waals surface area contributed by atoms with Crippen LogP contribution in [0.5, 0.6) is 0 Å². The van der Waals surface area contributed by atoms with Crippen molar-refractivity contribution >= 4 is 19.8 Å². The van der Waals surface area contributed by atoms with Crippen LogP contribution in [0.4, 0.5) is 0 Å². The van der Waals surface area contributed by atoms with Gasteiger partial charge < -0.3 is 39.9 Å². The van der Waals surface area contributed by atoms with Crippen molar-refractivity contribution in [2.75, 3.05) is 13.2 Å². The summed E-state index contributed by atoms with van der Waals surface area (Å²) in [5.74, 6) is -1.17. The van der Waals surface area contributed by atoms with Gasteiger partial charge in [-0.1, -0.05) is 90.2 Å². The van der Waals surface area contributed by atoms with E-state index in [9.17, 15) is 44.6 Å². The second kappa shape index (κ2) is 25.5. The first-order valence-corrected chi connectivity index (χ1v) is 19.0. The second-order valence-corrected chi connectivity index (χ2v) is 13.8. The Kier molecular flexibility index (Phi) is 23.7. The van der Waals surface area contributed by atoms with Gasteiger partial charge in [0.05, 0.1) is 6.61 Å². The molecule has 1 aliphatic carbocycles. The minimum absolute atomic E-state index is 0.0919. The summed E-state index contributed by atoms with van der Waals surface area (Å²) in [6.45, 7) is 2.83. The van der Waals surface area contributed by atoms with Crippen LogP contribution in [0.1, 0.15) is 129 Å². The summed E-state index contributed by atoms with van der Waals surface area (Å²) >= 11 is 0.